The van der Waals surface area contributed by atoms with Gasteiger partial charge in [-0.1, -0.05) is 35.5 Å². The molecule has 1 saturated heterocycles. The fraction of sp³-hybridized carbons (Fsp3) is 0.333. The Morgan fingerprint density at radius 2 is 1.83 bits per heavy atom. The lowest BCUT2D eigenvalue weighted by Crippen LogP contribution is -2.53. The zero-order valence-corrected chi connectivity index (χ0v) is 16.5. The molecule has 29 heavy (non-hydrogen) atoms. The summed E-state index contributed by atoms with van der Waals surface area (Å²) in [5, 5.41) is 7.55. The lowest BCUT2D eigenvalue weighted by Gasteiger charge is -2.36. The SMILES string of the molecule is CCNC(=NCc1cc(-c2ccccc2)on1)N1CCN(c2ncccn2)CC1. The fourth-order valence-electron chi connectivity index (χ4n) is 3.28. The van der Waals surface area contributed by atoms with Gasteiger partial charge in [0.15, 0.2) is 11.7 Å². The van der Waals surface area contributed by atoms with Crippen LogP contribution in [-0.4, -0.2) is 58.7 Å². The molecule has 1 aromatic carbocycles. The predicted octanol–water partition coefficient (Wildman–Crippen LogP) is 2.42. The largest absolute Gasteiger partial charge is 0.357 e. The minimum Gasteiger partial charge on any atom is -0.357 e. The van der Waals surface area contributed by atoms with Crippen LogP contribution in [0.5, 0.6) is 0 Å². The molecule has 0 radical (unpaired) electrons. The molecule has 1 N–H and O–H groups in total. The van der Waals surface area contributed by atoms with Gasteiger partial charge in [-0.2, -0.15) is 0 Å². The third-order valence-corrected chi connectivity index (χ3v) is 4.76. The Hall–Kier alpha value is -3.42. The van der Waals surface area contributed by atoms with E-state index in [9.17, 15) is 0 Å². The Morgan fingerprint density at radius 3 is 2.55 bits per heavy atom. The Balaban J connectivity index is 1.39. The van der Waals surface area contributed by atoms with Gasteiger partial charge in [0.05, 0.1) is 6.54 Å². The molecule has 1 aliphatic heterocycles. The normalized spacial score (nSPS) is 14.9. The summed E-state index contributed by atoms with van der Waals surface area (Å²) in [4.78, 5) is 17.9. The maximum atomic E-state index is 5.48. The van der Waals surface area contributed by atoms with E-state index in [0.29, 0.717) is 6.54 Å². The number of nitrogens with one attached hydrogen (secondary N) is 1. The fourth-order valence-corrected chi connectivity index (χ4v) is 3.28. The average molecular weight is 391 g/mol. The van der Waals surface area contributed by atoms with Crippen LogP contribution in [0.2, 0.25) is 0 Å². The van der Waals surface area contributed by atoms with Gasteiger partial charge in [-0.15, -0.1) is 0 Å². The molecule has 3 aromatic rings. The number of benzene rings is 1. The Bertz CT molecular complexity index is 918. The average Bonchev–Trinajstić information content (AvgIpc) is 3.27. The van der Waals surface area contributed by atoms with Crippen molar-refractivity contribution in [2.75, 3.05) is 37.6 Å². The van der Waals surface area contributed by atoms with Crippen molar-refractivity contribution in [2.45, 2.75) is 13.5 Å². The lowest BCUT2D eigenvalue weighted by atomic mass is 10.2. The molecule has 0 spiro atoms. The van der Waals surface area contributed by atoms with Crippen LogP contribution in [0.3, 0.4) is 0 Å². The Labute approximate surface area is 170 Å². The van der Waals surface area contributed by atoms with Crippen molar-refractivity contribution in [1.29, 1.82) is 0 Å². The number of hydrogen-bond acceptors (Lipinski definition) is 6. The molecule has 150 valence electrons. The monoisotopic (exact) mass is 391 g/mol. The second kappa shape index (κ2) is 9.18. The summed E-state index contributed by atoms with van der Waals surface area (Å²) < 4.78 is 5.48. The molecule has 3 heterocycles. The minimum atomic E-state index is 0.473. The maximum absolute atomic E-state index is 5.48. The van der Waals surface area contributed by atoms with Gasteiger partial charge in [-0.05, 0) is 13.0 Å². The van der Waals surface area contributed by atoms with Crippen molar-refractivity contribution in [3.05, 3.63) is 60.6 Å². The first-order valence-electron chi connectivity index (χ1n) is 9.89. The number of nitrogens with zero attached hydrogens (tertiary/aromatic N) is 6. The smallest absolute Gasteiger partial charge is 0.225 e. The molecule has 1 fully saturated rings. The summed E-state index contributed by atoms with van der Waals surface area (Å²) in [5.74, 6) is 2.44. The molecule has 0 amide bonds. The van der Waals surface area contributed by atoms with Crippen LogP contribution in [-0.2, 0) is 6.54 Å². The van der Waals surface area contributed by atoms with Crippen LogP contribution in [0.15, 0.2) is 64.4 Å². The third kappa shape index (κ3) is 4.71. The van der Waals surface area contributed by atoms with Gasteiger partial charge in [-0.3, -0.25) is 0 Å². The van der Waals surface area contributed by atoms with E-state index in [2.05, 4.69) is 37.2 Å². The van der Waals surface area contributed by atoms with Gasteiger partial charge >= 0.3 is 0 Å². The molecule has 0 aliphatic carbocycles. The minimum absolute atomic E-state index is 0.473. The molecule has 0 atom stereocenters. The van der Waals surface area contributed by atoms with Crippen LogP contribution < -0.4 is 10.2 Å². The van der Waals surface area contributed by atoms with Crippen molar-refractivity contribution in [3.8, 4) is 11.3 Å². The first-order valence-corrected chi connectivity index (χ1v) is 9.89. The highest BCUT2D eigenvalue weighted by Gasteiger charge is 2.21. The summed E-state index contributed by atoms with van der Waals surface area (Å²) in [7, 11) is 0. The van der Waals surface area contributed by atoms with Crippen molar-refractivity contribution in [3.63, 3.8) is 0 Å². The molecule has 1 aliphatic rings. The van der Waals surface area contributed by atoms with E-state index in [1.165, 1.54) is 0 Å². The summed E-state index contributed by atoms with van der Waals surface area (Å²) in [6.07, 6.45) is 3.56. The molecular formula is C21H25N7O. The maximum Gasteiger partial charge on any atom is 0.225 e. The first kappa shape index (κ1) is 18.9. The molecule has 2 aromatic heterocycles. The van der Waals surface area contributed by atoms with E-state index in [0.717, 1.165) is 61.6 Å². The summed E-state index contributed by atoms with van der Waals surface area (Å²) in [6, 6.07) is 13.8. The summed E-state index contributed by atoms with van der Waals surface area (Å²) >= 11 is 0. The Morgan fingerprint density at radius 1 is 1.07 bits per heavy atom. The van der Waals surface area contributed by atoms with Gasteiger partial charge in [0.25, 0.3) is 0 Å². The number of hydrogen-bond donors (Lipinski definition) is 1. The van der Waals surface area contributed by atoms with Crippen molar-refractivity contribution >= 4 is 11.9 Å². The van der Waals surface area contributed by atoms with Gasteiger partial charge in [0, 0.05) is 56.7 Å². The van der Waals surface area contributed by atoms with Crippen LogP contribution in [0.25, 0.3) is 11.3 Å². The van der Waals surface area contributed by atoms with Crippen molar-refractivity contribution in [2.24, 2.45) is 4.99 Å². The quantitative estimate of drug-likeness (QED) is 0.528. The van der Waals surface area contributed by atoms with Crippen molar-refractivity contribution < 1.29 is 4.52 Å². The van der Waals surface area contributed by atoms with E-state index >= 15 is 0 Å². The second-order valence-corrected chi connectivity index (χ2v) is 6.74. The van der Waals surface area contributed by atoms with Crippen LogP contribution in [0, 0.1) is 0 Å². The number of aromatic nitrogens is 3. The highest BCUT2D eigenvalue weighted by Crippen LogP contribution is 2.20. The van der Waals surface area contributed by atoms with Crippen LogP contribution in [0.1, 0.15) is 12.6 Å². The van der Waals surface area contributed by atoms with Gasteiger partial charge in [-0.25, -0.2) is 15.0 Å². The molecule has 4 rings (SSSR count). The number of rotatable bonds is 5. The molecule has 0 unspecified atom stereocenters. The number of guanidine groups is 1. The first-order chi connectivity index (χ1) is 14.3. The number of anilines is 1. The summed E-state index contributed by atoms with van der Waals surface area (Å²) in [5.41, 5.74) is 1.83. The molecule has 0 bridgehead atoms. The molecular weight excluding hydrogens is 366 g/mol. The van der Waals surface area contributed by atoms with E-state index in [1.807, 2.05) is 42.5 Å². The highest BCUT2D eigenvalue weighted by molar-refractivity contribution is 5.80. The molecule has 8 heteroatoms. The second-order valence-electron chi connectivity index (χ2n) is 6.74. The van der Waals surface area contributed by atoms with Crippen LogP contribution in [0.4, 0.5) is 5.95 Å². The van der Waals surface area contributed by atoms with E-state index in [4.69, 9.17) is 9.52 Å². The van der Waals surface area contributed by atoms with Crippen molar-refractivity contribution in [1.82, 2.24) is 25.3 Å². The standard InChI is InChI=1S/C21H25N7O/c1-2-22-20(27-11-13-28(14-12-27)21-23-9-6-10-24-21)25-16-18-15-19(29-26-18)17-7-4-3-5-8-17/h3-10,15H,2,11-14,16H2,1H3,(H,22,25). The van der Waals surface area contributed by atoms with Gasteiger partial charge in [0.1, 0.15) is 5.69 Å². The number of piperazine rings is 1. The lowest BCUT2D eigenvalue weighted by molar-refractivity contribution is 0.369. The van der Waals surface area contributed by atoms with Crippen LogP contribution >= 0.6 is 0 Å². The predicted molar refractivity (Wildman–Crippen MR) is 113 cm³/mol. The molecule has 8 nitrogen and oxygen atoms in total. The highest BCUT2D eigenvalue weighted by atomic mass is 16.5. The molecule has 0 saturated carbocycles. The van der Waals surface area contributed by atoms with Gasteiger partial charge in [0.2, 0.25) is 5.95 Å². The van der Waals surface area contributed by atoms with E-state index in [1.54, 1.807) is 12.4 Å². The third-order valence-electron chi connectivity index (χ3n) is 4.76. The van der Waals surface area contributed by atoms with Gasteiger partial charge < -0.3 is 19.6 Å². The number of aliphatic imine (C=N–C) groups is 1. The van der Waals surface area contributed by atoms with E-state index in [-0.39, 0.29) is 0 Å². The van der Waals surface area contributed by atoms with E-state index < -0.39 is 0 Å². The zero-order chi connectivity index (χ0) is 19.9. The summed E-state index contributed by atoms with van der Waals surface area (Å²) in [6.45, 7) is 6.80. The zero-order valence-electron chi connectivity index (χ0n) is 16.5. The Kier molecular flexibility index (Phi) is 5.99. The topological polar surface area (TPSA) is 82.7 Å².